The van der Waals surface area contributed by atoms with Crippen molar-refractivity contribution in [1.82, 2.24) is 5.32 Å². The van der Waals surface area contributed by atoms with Crippen LogP contribution >= 0.6 is 0 Å². The van der Waals surface area contributed by atoms with Gasteiger partial charge in [-0.15, -0.1) is 0 Å². The maximum absolute atomic E-state index is 13.4. The van der Waals surface area contributed by atoms with Crippen molar-refractivity contribution in [2.24, 2.45) is 0 Å². The summed E-state index contributed by atoms with van der Waals surface area (Å²) in [5, 5.41) is 2.65. The van der Waals surface area contributed by atoms with Gasteiger partial charge in [-0.05, 0) is 19.1 Å². The largest absolute Gasteiger partial charge is 0.353 e. The highest BCUT2D eigenvalue weighted by molar-refractivity contribution is 5.80. The first-order valence-electron chi connectivity index (χ1n) is 4.83. The molecule has 1 aliphatic heterocycles. The Labute approximate surface area is 86.3 Å². The third-order valence-electron chi connectivity index (χ3n) is 2.77. The molecule has 1 N–H and O–H groups in total. The summed E-state index contributed by atoms with van der Waals surface area (Å²) >= 11 is 0. The standard InChI is InChI=1S/C11H11F2NO/c1-6-7(5-10(15)14-6)11-8(12)3-2-4-9(11)13/h2-4,6-7H,5H2,1H3,(H,14,15). The van der Waals surface area contributed by atoms with Gasteiger partial charge in [-0.3, -0.25) is 4.79 Å². The molecule has 1 amide bonds. The van der Waals surface area contributed by atoms with E-state index in [0.717, 1.165) is 0 Å². The first kappa shape index (κ1) is 10.1. The molecular weight excluding hydrogens is 200 g/mol. The zero-order valence-electron chi connectivity index (χ0n) is 8.26. The maximum Gasteiger partial charge on any atom is 0.220 e. The van der Waals surface area contributed by atoms with E-state index in [4.69, 9.17) is 0 Å². The van der Waals surface area contributed by atoms with Gasteiger partial charge < -0.3 is 5.32 Å². The number of hydrogen-bond donors (Lipinski definition) is 1. The van der Waals surface area contributed by atoms with Crippen LogP contribution in [0.1, 0.15) is 24.8 Å². The summed E-state index contributed by atoms with van der Waals surface area (Å²) in [5.74, 6) is -1.72. The molecule has 0 radical (unpaired) electrons. The number of hydrogen-bond acceptors (Lipinski definition) is 1. The second kappa shape index (κ2) is 3.61. The van der Waals surface area contributed by atoms with Gasteiger partial charge in [-0.25, -0.2) is 8.78 Å². The van der Waals surface area contributed by atoms with Crippen LogP contribution in [0, 0.1) is 11.6 Å². The minimum absolute atomic E-state index is 0.0170. The maximum atomic E-state index is 13.4. The van der Waals surface area contributed by atoms with Crippen LogP contribution in [0.4, 0.5) is 8.78 Å². The Bertz CT molecular complexity index is 385. The lowest BCUT2D eigenvalue weighted by Gasteiger charge is -2.15. The van der Waals surface area contributed by atoms with Gasteiger partial charge in [0.1, 0.15) is 11.6 Å². The highest BCUT2D eigenvalue weighted by Crippen LogP contribution is 2.31. The molecule has 2 atom stereocenters. The molecule has 2 unspecified atom stereocenters. The Morgan fingerprint density at radius 1 is 1.33 bits per heavy atom. The van der Waals surface area contributed by atoms with E-state index in [1.54, 1.807) is 6.92 Å². The Kier molecular flexibility index (Phi) is 2.42. The fraction of sp³-hybridized carbons (Fsp3) is 0.364. The molecule has 15 heavy (non-hydrogen) atoms. The van der Waals surface area contributed by atoms with Gasteiger partial charge in [-0.1, -0.05) is 6.07 Å². The second-order valence-corrected chi connectivity index (χ2v) is 3.80. The summed E-state index contributed by atoms with van der Waals surface area (Å²) in [6, 6.07) is 3.54. The first-order valence-corrected chi connectivity index (χ1v) is 4.83. The summed E-state index contributed by atoms with van der Waals surface area (Å²) in [5.41, 5.74) is 0.0170. The SMILES string of the molecule is CC1NC(=O)CC1c1c(F)cccc1F. The summed E-state index contributed by atoms with van der Waals surface area (Å²) < 4.78 is 26.8. The predicted octanol–water partition coefficient (Wildman–Crippen LogP) is 1.96. The Balaban J connectivity index is 2.41. The molecule has 1 heterocycles. The van der Waals surface area contributed by atoms with E-state index in [9.17, 15) is 13.6 Å². The summed E-state index contributed by atoms with van der Waals surface area (Å²) in [6.45, 7) is 1.75. The van der Waals surface area contributed by atoms with Gasteiger partial charge in [0.2, 0.25) is 5.91 Å². The van der Waals surface area contributed by atoms with Crippen LogP contribution < -0.4 is 5.32 Å². The van der Waals surface area contributed by atoms with E-state index in [2.05, 4.69) is 5.32 Å². The fourth-order valence-corrected chi connectivity index (χ4v) is 2.01. The van der Waals surface area contributed by atoms with E-state index in [-0.39, 0.29) is 23.9 Å². The molecule has 0 aromatic heterocycles. The van der Waals surface area contributed by atoms with Crippen molar-refractivity contribution in [1.29, 1.82) is 0 Å². The molecule has 2 rings (SSSR count). The average molecular weight is 211 g/mol. The zero-order chi connectivity index (χ0) is 11.0. The number of benzene rings is 1. The zero-order valence-corrected chi connectivity index (χ0v) is 8.26. The molecule has 0 aliphatic carbocycles. The number of amides is 1. The van der Waals surface area contributed by atoms with Crippen molar-refractivity contribution in [3.05, 3.63) is 35.4 Å². The van der Waals surface area contributed by atoms with Crippen molar-refractivity contribution < 1.29 is 13.6 Å². The lowest BCUT2D eigenvalue weighted by atomic mass is 9.92. The normalized spacial score (nSPS) is 25.4. The second-order valence-electron chi connectivity index (χ2n) is 3.80. The molecule has 1 aliphatic rings. The van der Waals surface area contributed by atoms with Crippen LogP contribution in [-0.2, 0) is 4.79 Å². The Morgan fingerprint density at radius 2 is 1.93 bits per heavy atom. The third kappa shape index (κ3) is 1.71. The molecule has 0 bridgehead atoms. The predicted molar refractivity (Wildman–Crippen MR) is 51.3 cm³/mol. The van der Waals surface area contributed by atoms with Crippen LogP contribution in [0.2, 0.25) is 0 Å². The van der Waals surface area contributed by atoms with Gasteiger partial charge in [0.05, 0.1) is 0 Å². The van der Waals surface area contributed by atoms with Crippen LogP contribution in [0.3, 0.4) is 0 Å². The van der Waals surface area contributed by atoms with Gasteiger partial charge in [0, 0.05) is 23.9 Å². The Hall–Kier alpha value is -1.45. The van der Waals surface area contributed by atoms with Crippen molar-refractivity contribution in [3.8, 4) is 0 Å². The van der Waals surface area contributed by atoms with E-state index in [0.29, 0.717) is 0 Å². The monoisotopic (exact) mass is 211 g/mol. The van der Waals surface area contributed by atoms with Gasteiger partial charge in [-0.2, -0.15) is 0 Å². The molecule has 1 fully saturated rings. The van der Waals surface area contributed by atoms with Crippen LogP contribution in [0.25, 0.3) is 0 Å². The van der Waals surface area contributed by atoms with Crippen molar-refractivity contribution in [2.75, 3.05) is 0 Å². The number of halogens is 2. The van der Waals surface area contributed by atoms with E-state index in [1.165, 1.54) is 18.2 Å². The number of nitrogens with one attached hydrogen (secondary N) is 1. The van der Waals surface area contributed by atoms with Crippen molar-refractivity contribution in [2.45, 2.75) is 25.3 Å². The topological polar surface area (TPSA) is 29.1 Å². The quantitative estimate of drug-likeness (QED) is 0.755. The highest BCUT2D eigenvalue weighted by Gasteiger charge is 2.33. The van der Waals surface area contributed by atoms with Crippen LogP contribution in [-0.4, -0.2) is 11.9 Å². The first-order chi connectivity index (χ1) is 7.09. The summed E-state index contributed by atoms with van der Waals surface area (Å²) in [7, 11) is 0. The van der Waals surface area contributed by atoms with Gasteiger partial charge >= 0.3 is 0 Å². The summed E-state index contributed by atoms with van der Waals surface area (Å²) in [4.78, 5) is 11.1. The minimum Gasteiger partial charge on any atom is -0.353 e. The number of carbonyl (C=O) groups is 1. The molecule has 1 saturated heterocycles. The average Bonchev–Trinajstić information content (AvgIpc) is 2.45. The number of rotatable bonds is 1. The molecule has 2 nitrogen and oxygen atoms in total. The molecule has 1 aromatic rings. The van der Waals surface area contributed by atoms with E-state index >= 15 is 0 Å². The van der Waals surface area contributed by atoms with Crippen molar-refractivity contribution >= 4 is 5.91 Å². The molecule has 1 aromatic carbocycles. The van der Waals surface area contributed by atoms with Crippen molar-refractivity contribution in [3.63, 3.8) is 0 Å². The molecule has 0 spiro atoms. The smallest absolute Gasteiger partial charge is 0.220 e. The molecule has 0 saturated carbocycles. The number of carbonyl (C=O) groups excluding carboxylic acids is 1. The van der Waals surface area contributed by atoms with E-state index < -0.39 is 17.6 Å². The summed E-state index contributed by atoms with van der Waals surface area (Å²) in [6.07, 6.45) is 0.152. The van der Waals surface area contributed by atoms with E-state index in [1.807, 2.05) is 0 Å². The lowest BCUT2D eigenvalue weighted by Crippen LogP contribution is -2.25. The molecular formula is C11H11F2NO. The third-order valence-corrected chi connectivity index (χ3v) is 2.77. The highest BCUT2D eigenvalue weighted by atomic mass is 19.1. The minimum atomic E-state index is -0.580. The van der Waals surface area contributed by atoms with Gasteiger partial charge in [0.25, 0.3) is 0 Å². The van der Waals surface area contributed by atoms with Gasteiger partial charge in [0.15, 0.2) is 0 Å². The lowest BCUT2D eigenvalue weighted by molar-refractivity contribution is -0.119. The van der Waals surface area contributed by atoms with Crippen LogP contribution in [0.15, 0.2) is 18.2 Å². The molecule has 4 heteroatoms. The fourth-order valence-electron chi connectivity index (χ4n) is 2.01. The molecule has 80 valence electrons. The Morgan fingerprint density at radius 3 is 2.40 bits per heavy atom. The van der Waals surface area contributed by atoms with Crippen LogP contribution in [0.5, 0.6) is 0 Å².